The van der Waals surface area contributed by atoms with Crippen LogP contribution in [0.4, 0.5) is 0 Å². The normalized spacial score (nSPS) is 19.6. The molecule has 0 aromatic rings. The van der Waals surface area contributed by atoms with Crippen LogP contribution in [0.25, 0.3) is 0 Å². The number of carbonyl (C=O) groups excluding carboxylic acids is 1. The van der Waals surface area contributed by atoms with Crippen molar-refractivity contribution in [2.75, 3.05) is 19.6 Å². The second kappa shape index (κ2) is 8.14. The molecule has 3 heteroatoms. The molecule has 1 fully saturated rings. The lowest BCUT2D eigenvalue weighted by molar-refractivity contribution is -0.130. The van der Waals surface area contributed by atoms with Crippen LogP contribution in [0.2, 0.25) is 0 Å². The van der Waals surface area contributed by atoms with E-state index < -0.39 is 0 Å². The van der Waals surface area contributed by atoms with Crippen LogP contribution in [0, 0.1) is 12.3 Å². The average Bonchev–Trinajstić information content (AvgIpc) is 2.37. The molecule has 96 valence electrons. The highest BCUT2D eigenvalue weighted by Gasteiger charge is 2.16. The highest BCUT2D eigenvalue weighted by Crippen LogP contribution is 2.12. The van der Waals surface area contributed by atoms with Gasteiger partial charge in [-0.05, 0) is 32.2 Å². The van der Waals surface area contributed by atoms with Gasteiger partial charge in [0.1, 0.15) is 0 Å². The quantitative estimate of drug-likeness (QED) is 0.713. The SMILES string of the molecule is C#CCN(CCC)C(=O)CCC1CCCCN1. The van der Waals surface area contributed by atoms with Crippen molar-refractivity contribution in [3.8, 4) is 12.3 Å². The first-order valence-electron chi connectivity index (χ1n) is 6.72. The summed E-state index contributed by atoms with van der Waals surface area (Å²) >= 11 is 0. The van der Waals surface area contributed by atoms with Gasteiger partial charge >= 0.3 is 0 Å². The number of hydrogen-bond donors (Lipinski definition) is 1. The van der Waals surface area contributed by atoms with E-state index in [1.54, 1.807) is 4.90 Å². The van der Waals surface area contributed by atoms with Gasteiger partial charge in [-0.25, -0.2) is 0 Å². The van der Waals surface area contributed by atoms with Crippen LogP contribution in [0.3, 0.4) is 0 Å². The third kappa shape index (κ3) is 5.23. The van der Waals surface area contributed by atoms with Crippen LogP contribution in [0.5, 0.6) is 0 Å². The number of amides is 1. The van der Waals surface area contributed by atoms with Gasteiger partial charge in [0.2, 0.25) is 5.91 Å². The van der Waals surface area contributed by atoms with Crippen LogP contribution >= 0.6 is 0 Å². The molecular formula is C14H24N2O. The predicted octanol–water partition coefficient (Wildman–Crippen LogP) is 1.78. The van der Waals surface area contributed by atoms with E-state index in [1.807, 2.05) is 0 Å². The first-order chi connectivity index (χ1) is 8.27. The van der Waals surface area contributed by atoms with Crippen LogP contribution in [-0.4, -0.2) is 36.5 Å². The van der Waals surface area contributed by atoms with Crippen molar-refractivity contribution in [3.63, 3.8) is 0 Å². The zero-order valence-corrected chi connectivity index (χ0v) is 10.9. The van der Waals surface area contributed by atoms with Crippen molar-refractivity contribution in [1.29, 1.82) is 0 Å². The Morgan fingerprint density at radius 1 is 1.53 bits per heavy atom. The average molecular weight is 236 g/mol. The van der Waals surface area contributed by atoms with Crippen LogP contribution < -0.4 is 5.32 Å². The van der Waals surface area contributed by atoms with Crippen LogP contribution in [0.15, 0.2) is 0 Å². The molecule has 0 aromatic heterocycles. The maximum absolute atomic E-state index is 12.0. The molecule has 0 aromatic carbocycles. The van der Waals surface area contributed by atoms with E-state index in [0.29, 0.717) is 19.0 Å². The molecule has 1 aliphatic rings. The summed E-state index contributed by atoms with van der Waals surface area (Å²) < 4.78 is 0. The number of carbonyl (C=O) groups is 1. The molecule has 1 heterocycles. The van der Waals surface area contributed by atoms with Crippen molar-refractivity contribution < 1.29 is 4.79 Å². The Kier molecular flexibility index (Phi) is 6.73. The first-order valence-corrected chi connectivity index (χ1v) is 6.72. The Morgan fingerprint density at radius 3 is 2.94 bits per heavy atom. The van der Waals surface area contributed by atoms with Gasteiger partial charge in [0.25, 0.3) is 0 Å². The molecule has 1 atom stereocenters. The molecule has 0 spiro atoms. The second-order valence-electron chi connectivity index (χ2n) is 4.70. The van der Waals surface area contributed by atoms with Gasteiger partial charge in [-0.2, -0.15) is 0 Å². The molecule has 17 heavy (non-hydrogen) atoms. The van der Waals surface area contributed by atoms with Gasteiger partial charge in [-0.3, -0.25) is 4.79 Å². The molecule has 0 saturated carbocycles. The van der Waals surface area contributed by atoms with Crippen molar-refractivity contribution in [1.82, 2.24) is 10.2 Å². The first kappa shape index (κ1) is 14.1. The molecular weight excluding hydrogens is 212 g/mol. The summed E-state index contributed by atoms with van der Waals surface area (Å²) in [4.78, 5) is 13.8. The minimum Gasteiger partial charge on any atom is -0.332 e. The summed E-state index contributed by atoms with van der Waals surface area (Å²) in [6.07, 6.45) is 11.6. The maximum Gasteiger partial charge on any atom is 0.223 e. The van der Waals surface area contributed by atoms with Gasteiger partial charge in [0.05, 0.1) is 6.54 Å². The predicted molar refractivity (Wildman–Crippen MR) is 70.6 cm³/mol. The van der Waals surface area contributed by atoms with Crippen LogP contribution in [0.1, 0.15) is 45.4 Å². The van der Waals surface area contributed by atoms with E-state index in [-0.39, 0.29) is 5.91 Å². The molecule has 1 aliphatic heterocycles. The number of nitrogens with zero attached hydrogens (tertiary/aromatic N) is 1. The van der Waals surface area contributed by atoms with Crippen LogP contribution in [-0.2, 0) is 4.79 Å². The lowest BCUT2D eigenvalue weighted by atomic mass is 10.0. The Balaban J connectivity index is 2.28. The number of piperidine rings is 1. The summed E-state index contributed by atoms with van der Waals surface area (Å²) in [5.41, 5.74) is 0. The topological polar surface area (TPSA) is 32.3 Å². The molecule has 1 rings (SSSR count). The van der Waals surface area contributed by atoms with Crippen molar-refractivity contribution in [3.05, 3.63) is 0 Å². The van der Waals surface area contributed by atoms with Crippen molar-refractivity contribution in [2.45, 2.75) is 51.5 Å². The Bertz CT molecular complexity index is 264. The highest BCUT2D eigenvalue weighted by molar-refractivity contribution is 5.76. The third-order valence-corrected chi connectivity index (χ3v) is 3.25. The second-order valence-corrected chi connectivity index (χ2v) is 4.70. The fraction of sp³-hybridized carbons (Fsp3) is 0.786. The van der Waals surface area contributed by atoms with Crippen molar-refractivity contribution >= 4 is 5.91 Å². The number of nitrogens with one attached hydrogen (secondary N) is 1. The summed E-state index contributed by atoms with van der Waals surface area (Å²) in [7, 11) is 0. The monoisotopic (exact) mass is 236 g/mol. The van der Waals surface area contributed by atoms with Crippen molar-refractivity contribution in [2.24, 2.45) is 0 Å². The summed E-state index contributed by atoms with van der Waals surface area (Å²) in [6, 6.07) is 0.530. The van der Waals surface area contributed by atoms with E-state index in [4.69, 9.17) is 6.42 Å². The molecule has 1 amide bonds. The van der Waals surface area contributed by atoms with E-state index in [1.165, 1.54) is 19.3 Å². The van der Waals surface area contributed by atoms with Gasteiger partial charge in [-0.15, -0.1) is 6.42 Å². The Morgan fingerprint density at radius 2 is 2.35 bits per heavy atom. The molecule has 1 N–H and O–H groups in total. The maximum atomic E-state index is 12.0. The van der Waals surface area contributed by atoms with E-state index in [0.717, 1.165) is 25.9 Å². The van der Waals surface area contributed by atoms with Gasteiger partial charge in [-0.1, -0.05) is 19.3 Å². The lowest BCUT2D eigenvalue weighted by Crippen LogP contribution is -2.37. The fourth-order valence-corrected chi connectivity index (χ4v) is 2.30. The number of hydrogen-bond acceptors (Lipinski definition) is 2. The smallest absolute Gasteiger partial charge is 0.223 e. The molecule has 0 radical (unpaired) electrons. The van der Waals surface area contributed by atoms with Gasteiger partial charge < -0.3 is 10.2 Å². The number of terminal acetylenes is 1. The Labute approximate surface area is 105 Å². The Hall–Kier alpha value is -1.01. The highest BCUT2D eigenvalue weighted by atomic mass is 16.2. The fourth-order valence-electron chi connectivity index (χ4n) is 2.30. The van der Waals surface area contributed by atoms with E-state index in [2.05, 4.69) is 18.2 Å². The summed E-state index contributed by atoms with van der Waals surface area (Å²) in [6.45, 7) is 4.40. The zero-order valence-electron chi connectivity index (χ0n) is 10.9. The largest absolute Gasteiger partial charge is 0.332 e. The summed E-state index contributed by atoms with van der Waals surface area (Å²) in [5, 5.41) is 3.47. The zero-order chi connectivity index (χ0) is 12.5. The molecule has 1 saturated heterocycles. The molecule has 1 unspecified atom stereocenters. The number of rotatable bonds is 6. The lowest BCUT2D eigenvalue weighted by Gasteiger charge is -2.25. The minimum atomic E-state index is 0.206. The standard InChI is InChI=1S/C14H24N2O/c1-3-11-16(12-4-2)14(17)9-8-13-7-5-6-10-15-13/h1,13,15H,4-12H2,2H3. The van der Waals surface area contributed by atoms with E-state index in [9.17, 15) is 4.79 Å². The molecule has 0 bridgehead atoms. The third-order valence-electron chi connectivity index (χ3n) is 3.25. The van der Waals surface area contributed by atoms with E-state index >= 15 is 0 Å². The summed E-state index contributed by atoms with van der Waals surface area (Å²) in [5.74, 6) is 2.77. The molecule has 3 nitrogen and oxygen atoms in total. The van der Waals surface area contributed by atoms with Gasteiger partial charge in [0, 0.05) is 19.0 Å². The minimum absolute atomic E-state index is 0.206. The molecule has 0 aliphatic carbocycles. The van der Waals surface area contributed by atoms with Gasteiger partial charge in [0.15, 0.2) is 0 Å².